The molecule has 0 atom stereocenters. The number of nitrogens with one attached hydrogen (secondary N) is 1. The van der Waals surface area contributed by atoms with Gasteiger partial charge in [0.15, 0.2) is 12.1 Å². The number of aldehydes is 1. The van der Waals surface area contributed by atoms with Crippen molar-refractivity contribution in [2.45, 2.75) is 13.1 Å². The van der Waals surface area contributed by atoms with Crippen LogP contribution >= 0.6 is 0 Å². The first-order valence-corrected chi connectivity index (χ1v) is 5.61. The summed E-state index contributed by atoms with van der Waals surface area (Å²) in [7, 11) is 0. The maximum absolute atomic E-state index is 10.6. The molecule has 0 bridgehead atoms. The summed E-state index contributed by atoms with van der Waals surface area (Å²) in [6.07, 6.45) is 4.23. The molecule has 0 aliphatic heterocycles. The molecular formula is C13H15N3O. The number of aromatic nitrogens is 2. The van der Waals surface area contributed by atoms with Crippen molar-refractivity contribution in [3.8, 4) is 0 Å². The predicted molar refractivity (Wildman–Crippen MR) is 65.8 cm³/mol. The highest BCUT2D eigenvalue weighted by molar-refractivity contribution is 5.69. The molecule has 4 nitrogen and oxygen atoms in total. The number of benzene rings is 1. The predicted octanol–water partition coefficient (Wildman–Crippen LogP) is 1.49. The van der Waals surface area contributed by atoms with Gasteiger partial charge in [-0.2, -0.15) is 0 Å². The van der Waals surface area contributed by atoms with E-state index in [0.717, 1.165) is 25.9 Å². The van der Waals surface area contributed by atoms with Crippen molar-refractivity contribution in [2.24, 2.45) is 0 Å². The Hall–Kier alpha value is -1.94. The van der Waals surface area contributed by atoms with Crippen molar-refractivity contribution in [1.29, 1.82) is 0 Å². The molecular weight excluding hydrogens is 214 g/mol. The lowest BCUT2D eigenvalue weighted by atomic mass is 10.2. The van der Waals surface area contributed by atoms with Crippen molar-refractivity contribution in [1.82, 2.24) is 14.9 Å². The lowest BCUT2D eigenvalue weighted by Crippen LogP contribution is -2.20. The number of hydrogen-bond acceptors (Lipinski definition) is 3. The molecule has 1 N–H and O–H groups in total. The van der Waals surface area contributed by atoms with Crippen LogP contribution in [0.3, 0.4) is 0 Å². The van der Waals surface area contributed by atoms with E-state index < -0.39 is 0 Å². The zero-order valence-electron chi connectivity index (χ0n) is 9.54. The van der Waals surface area contributed by atoms with Crippen molar-refractivity contribution < 1.29 is 4.79 Å². The molecule has 1 aromatic heterocycles. The Morgan fingerprint density at radius 3 is 2.88 bits per heavy atom. The fraction of sp³-hybridized carbons (Fsp3) is 0.231. The van der Waals surface area contributed by atoms with Crippen molar-refractivity contribution in [3.63, 3.8) is 0 Å². The fourth-order valence-electron chi connectivity index (χ4n) is 1.66. The molecule has 0 aliphatic carbocycles. The minimum absolute atomic E-state index is 0.478. The molecule has 0 radical (unpaired) electrons. The number of nitrogens with zero attached hydrogens (tertiary/aromatic N) is 2. The third kappa shape index (κ3) is 3.26. The van der Waals surface area contributed by atoms with E-state index >= 15 is 0 Å². The third-order valence-corrected chi connectivity index (χ3v) is 2.55. The largest absolute Gasteiger partial charge is 0.327 e. The van der Waals surface area contributed by atoms with E-state index in [4.69, 9.17) is 0 Å². The molecule has 2 rings (SSSR count). The van der Waals surface area contributed by atoms with Gasteiger partial charge < -0.3 is 9.88 Å². The molecule has 0 spiro atoms. The Labute approximate surface area is 100 Å². The molecule has 0 saturated carbocycles. The summed E-state index contributed by atoms with van der Waals surface area (Å²) in [5.41, 5.74) is 1.26. The van der Waals surface area contributed by atoms with Crippen LogP contribution in [0.1, 0.15) is 16.2 Å². The molecule has 0 aliphatic rings. The van der Waals surface area contributed by atoms with Crippen LogP contribution in [0.25, 0.3) is 0 Å². The Morgan fingerprint density at radius 2 is 2.12 bits per heavy atom. The first kappa shape index (κ1) is 11.5. The third-order valence-electron chi connectivity index (χ3n) is 2.55. The van der Waals surface area contributed by atoms with Gasteiger partial charge in [0.25, 0.3) is 0 Å². The standard InChI is InChI=1S/C13H15N3O/c17-11-13-15-7-9-16(13)8-6-14-10-12-4-2-1-3-5-12/h1-5,7,9,11,14H,6,8,10H2. The van der Waals surface area contributed by atoms with E-state index in [1.54, 1.807) is 6.20 Å². The molecule has 0 unspecified atom stereocenters. The van der Waals surface area contributed by atoms with E-state index in [-0.39, 0.29) is 0 Å². The van der Waals surface area contributed by atoms with Gasteiger partial charge >= 0.3 is 0 Å². The molecule has 0 fully saturated rings. The first-order chi connectivity index (χ1) is 8.40. The number of imidazole rings is 1. The highest BCUT2D eigenvalue weighted by atomic mass is 16.1. The summed E-state index contributed by atoms with van der Waals surface area (Å²) in [5, 5.41) is 3.33. The molecule has 1 aromatic carbocycles. The molecule has 2 aromatic rings. The lowest BCUT2D eigenvalue weighted by Gasteiger charge is -2.06. The van der Waals surface area contributed by atoms with E-state index in [1.165, 1.54) is 5.56 Å². The number of carbonyl (C=O) groups is 1. The van der Waals surface area contributed by atoms with Gasteiger partial charge in [-0.05, 0) is 5.56 Å². The van der Waals surface area contributed by atoms with Crippen LogP contribution in [0.5, 0.6) is 0 Å². The van der Waals surface area contributed by atoms with E-state index in [0.29, 0.717) is 5.82 Å². The van der Waals surface area contributed by atoms with Crippen molar-refractivity contribution in [2.75, 3.05) is 6.54 Å². The maximum Gasteiger partial charge on any atom is 0.185 e. The van der Waals surface area contributed by atoms with Gasteiger partial charge in [-0.15, -0.1) is 0 Å². The van der Waals surface area contributed by atoms with Gasteiger partial charge in [-0.25, -0.2) is 4.98 Å². The molecule has 0 amide bonds. The highest BCUT2D eigenvalue weighted by Crippen LogP contribution is 1.97. The van der Waals surface area contributed by atoms with Crippen LogP contribution in [0.15, 0.2) is 42.7 Å². The number of hydrogen-bond donors (Lipinski definition) is 1. The maximum atomic E-state index is 10.6. The lowest BCUT2D eigenvalue weighted by molar-refractivity contribution is 0.111. The summed E-state index contributed by atoms with van der Waals surface area (Å²) < 4.78 is 1.84. The smallest absolute Gasteiger partial charge is 0.185 e. The second-order valence-corrected chi connectivity index (χ2v) is 3.76. The monoisotopic (exact) mass is 229 g/mol. The second-order valence-electron chi connectivity index (χ2n) is 3.76. The Morgan fingerprint density at radius 1 is 1.29 bits per heavy atom. The average molecular weight is 229 g/mol. The van der Waals surface area contributed by atoms with E-state index in [1.807, 2.05) is 29.0 Å². The average Bonchev–Trinajstić information content (AvgIpc) is 2.83. The minimum atomic E-state index is 0.478. The summed E-state index contributed by atoms with van der Waals surface area (Å²) in [4.78, 5) is 14.6. The van der Waals surface area contributed by atoms with Gasteiger partial charge in [-0.1, -0.05) is 30.3 Å². The normalized spacial score (nSPS) is 10.4. The van der Waals surface area contributed by atoms with Gasteiger partial charge in [0.05, 0.1) is 0 Å². The zero-order valence-corrected chi connectivity index (χ0v) is 9.54. The van der Waals surface area contributed by atoms with Crippen LogP contribution in [0, 0.1) is 0 Å². The fourth-order valence-corrected chi connectivity index (χ4v) is 1.66. The SMILES string of the molecule is O=Cc1nccn1CCNCc1ccccc1. The summed E-state index contributed by atoms with van der Waals surface area (Å²) in [6.45, 7) is 2.40. The van der Waals surface area contributed by atoms with Gasteiger partial charge in [0.2, 0.25) is 0 Å². The van der Waals surface area contributed by atoms with Crippen LogP contribution in [-0.4, -0.2) is 22.4 Å². The molecule has 88 valence electrons. The van der Waals surface area contributed by atoms with Crippen molar-refractivity contribution in [3.05, 3.63) is 54.1 Å². The molecule has 17 heavy (non-hydrogen) atoms. The molecule has 1 heterocycles. The van der Waals surface area contributed by atoms with Gasteiger partial charge in [-0.3, -0.25) is 4.79 Å². The minimum Gasteiger partial charge on any atom is -0.327 e. The van der Waals surface area contributed by atoms with Crippen LogP contribution in [-0.2, 0) is 13.1 Å². The highest BCUT2D eigenvalue weighted by Gasteiger charge is 1.99. The number of carbonyl (C=O) groups excluding carboxylic acids is 1. The summed E-state index contributed by atoms with van der Waals surface area (Å²) >= 11 is 0. The van der Waals surface area contributed by atoms with Gasteiger partial charge in [0, 0.05) is 32.0 Å². The zero-order chi connectivity index (χ0) is 11.9. The van der Waals surface area contributed by atoms with E-state index in [9.17, 15) is 4.79 Å². The molecule has 4 heteroatoms. The van der Waals surface area contributed by atoms with Gasteiger partial charge in [0.1, 0.15) is 0 Å². The quantitative estimate of drug-likeness (QED) is 0.603. The summed E-state index contributed by atoms with van der Waals surface area (Å²) in [6, 6.07) is 10.2. The van der Waals surface area contributed by atoms with Crippen molar-refractivity contribution >= 4 is 6.29 Å². The Kier molecular flexibility index (Phi) is 4.05. The van der Waals surface area contributed by atoms with Crippen LogP contribution in [0.2, 0.25) is 0 Å². The Bertz CT molecular complexity index is 465. The first-order valence-electron chi connectivity index (χ1n) is 5.61. The number of rotatable bonds is 6. The van der Waals surface area contributed by atoms with Crippen LogP contribution in [0.4, 0.5) is 0 Å². The molecule has 0 saturated heterocycles. The Balaban J connectivity index is 1.75. The van der Waals surface area contributed by atoms with E-state index in [2.05, 4.69) is 22.4 Å². The second kappa shape index (κ2) is 5.96. The van der Waals surface area contributed by atoms with Crippen LogP contribution < -0.4 is 5.32 Å². The topological polar surface area (TPSA) is 46.9 Å². The summed E-state index contributed by atoms with van der Waals surface area (Å²) in [5.74, 6) is 0.478.